The Morgan fingerprint density at radius 1 is 1.34 bits per heavy atom. The van der Waals surface area contributed by atoms with E-state index in [9.17, 15) is 4.79 Å². The van der Waals surface area contributed by atoms with Crippen LogP contribution in [0.3, 0.4) is 0 Å². The molecule has 0 saturated heterocycles. The molecule has 0 aliphatic carbocycles. The number of aryl methyl sites for hydroxylation is 2. The van der Waals surface area contributed by atoms with Crippen molar-refractivity contribution in [3.05, 3.63) is 53.5 Å². The van der Waals surface area contributed by atoms with Crippen LogP contribution in [0.1, 0.15) is 39.8 Å². The van der Waals surface area contributed by atoms with Gasteiger partial charge in [-0.1, -0.05) is 6.07 Å². The lowest BCUT2D eigenvalue weighted by molar-refractivity contribution is 0.0650. The number of para-hydroxylation sites is 1. The van der Waals surface area contributed by atoms with E-state index in [1.807, 2.05) is 18.2 Å². The molecule has 148 valence electrons. The molecule has 0 bridgehead atoms. The number of carbonyl (C=O) groups excluding carboxylic acids is 1. The molecule has 1 atom stereocenters. The Hall–Kier alpha value is -3.69. The van der Waals surface area contributed by atoms with Crippen molar-refractivity contribution in [1.29, 1.82) is 0 Å². The average molecular weight is 393 g/mol. The van der Waals surface area contributed by atoms with Gasteiger partial charge in [0.1, 0.15) is 11.6 Å². The number of fused-ring (bicyclic) bond motifs is 2. The number of nitrogens with zero attached hydrogens (tertiary/aromatic N) is 6. The van der Waals surface area contributed by atoms with Gasteiger partial charge >= 0.3 is 0 Å². The zero-order chi connectivity index (χ0) is 20.1. The number of hydrogen-bond donors (Lipinski definition) is 1. The van der Waals surface area contributed by atoms with E-state index >= 15 is 0 Å². The zero-order valence-electron chi connectivity index (χ0n) is 16.2. The lowest BCUT2D eigenvalue weighted by Gasteiger charge is -2.32. The van der Waals surface area contributed by atoms with Crippen molar-refractivity contribution in [1.82, 2.24) is 34.6 Å². The van der Waals surface area contributed by atoms with Gasteiger partial charge in [0.25, 0.3) is 5.91 Å². The van der Waals surface area contributed by atoms with Crippen molar-refractivity contribution in [2.24, 2.45) is 7.05 Å². The molecule has 0 saturated carbocycles. The molecule has 3 aromatic heterocycles. The van der Waals surface area contributed by atoms with Crippen LogP contribution >= 0.6 is 0 Å². The van der Waals surface area contributed by atoms with Gasteiger partial charge in [-0.25, -0.2) is 19.6 Å². The standard InChI is InChI=1S/C19H19N7O3/c1-10-22-17(25(2)24-10)19(27)26-8-7-11-14(21-9-20-11)16(26)18-23-15-12(28-3)5-4-6-13(15)29-18/h4-6,9,16H,7-8H2,1-3H3,(H,20,21)/t16-/m0/s1. The summed E-state index contributed by atoms with van der Waals surface area (Å²) in [6, 6.07) is 4.90. The number of imidazole rings is 1. The number of nitrogens with one attached hydrogen (secondary N) is 1. The molecule has 10 nitrogen and oxygen atoms in total. The topological polar surface area (TPSA) is 115 Å². The maximum atomic E-state index is 13.4. The van der Waals surface area contributed by atoms with Gasteiger partial charge in [-0.05, 0) is 19.1 Å². The van der Waals surface area contributed by atoms with Crippen molar-refractivity contribution in [3.63, 3.8) is 0 Å². The van der Waals surface area contributed by atoms with Gasteiger partial charge in [-0.3, -0.25) is 4.79 Å². The van der Waals surface area contributed by atoms with Crippen molar-refractivity contribution >= 4 is 17.0 Å². The summed E-state index contributed by atoms with van der Waals surface area (Å²) in [4.78, 5) is 31.6. The second-order valence-corrected chi connectivity index (χ2v) is 6.88. The van der Waals surface area contributed by atoms with Gasteiger partial charge < -0.3 is 19.0 Å². The summed E-state index contributed by atoms with van der Waals surface area (Å²) in [7, 11) is 3.29. The minimum atomic E-state index is -0.577. The molecule has 0 spiro atoms. The van der Waals surface area contributed by atoms with Gasteiger partial charge in [-0.15, -0.1) is 0 Å². The molecule has 4 aromatic rings. The summed E-state index contributed by atoms with van der Waals surface area (Å²) in [5, 5.41) is 4.20. The molecule has 0 radical (unpaired) electrons. The zero-order valence-corrected chi connectivity index (χ0v) is 16.2. The molecule has 1 aromatic carbocycles. The van der Waals surface area contributed by atoms with Gasteiger partial charge in [-0.2, -0.15) is 5.10 Å². The van der Waals surface area contributed by atoms with E-state index in [4.69, 9.17) is 9.15 Å². The summed E-state index contributed by atoms with van der Waals surface area (Å²) < 4.78 is 12.9. The number of carbonyl (C=O) groups is 1. The van der Waals surface area contributed by atoms with Crippen LogP contribution in [-0.2, 0) is 13.5 Å². The third-order valence-corrected chi connectivity index (χ3v) is 5.10. The summed E-state index contributed by atoms with van der Waals surface area (Å²) in [6.07, 6.45) is 2.28. The highest BCUT2D eigenvalue weighted by Crippen LogP contribution is 2.36. The van der Waals surface area contributed by atoms with E-state index in [-0.39, 0.29) is 11.7 Å². The Balaban J connectivity index is 1.65. The number of aromatic nitrogens is 6. The van der Waals surface area contributed by atoms with E-state index in [0.29, 0.717) is 47.2 Å². The summed E-state index contributed by atoms with van der Waals surface area (Å²) in [6.45, 7) is 2.23. The number of benzene rings is 1. The Bertz CT molecular complexity index is 1220. The van der Waals surface area contributed by atoms with Crippen molar-refractivity contribution in [2.75, 3.05) is 13.7 Å². The van der Waals surface area contributed by atoms with Crippen molar-refractivity contribution in [2.45, 2.75) is 19.4 Å². The molecule has 5 rings (SSSR count). The van der Waals surface area contributed by atoms with Gasteiger partial charge in [0.15, 0.2) is 17.1 Å². The summed E-state index contributed by atoms with van der Waals surface area (Å²) in [5.41, 5.74) is 2.87. The van der Waals surface area contributed by atoms with Crippen LogP contribution in [0.15, 0.2) is 28.9 Å². The quantitative estimate of drug-likeness (QED) is 0.564. The predicted molar refractivity (Wildman–Crippen MR) is 101 cm³/mol. The fourth-order valence-corrected chi connectivity index (χ4v) is 3.79. The van der Waals surface area contributed by atoms with E-state index < -0.39 is 6.04 Å². The Kier molecular flexibility index (Phi) is 3.86. The summed E-state index contributed by atoms with van der Waals surface area (Å²) in [5.74, 6) is 1.54. The third kappa shape index (κ3) is 2.67. The maximum absolute atomic E-state index is 13.4. The number of ether oxygens (including phenoxy) is 1. The van der Waals surface area contributed by atoms with Crippen molar-refractivity contribution < 1.29 is 13.9 Å². The number of H-pyrrole nitrogens is 1. The number of aromatic amines is 1. The average Bonchev–Trinajstić information content (AvgIpc) is 3.43. The van der Waals surface area contributed by atoms with Crippen molar-refractivity contribution in [3.8, 4) is 5.75 Å². The second kappa shape index (κ2) is 6.43. The summed E-state index contributed by atoms with van der Waals surface area (Å²) >= 11 is 0. The van der Waals surface area contributed by atoms with Crippen LogP contribution in [0.25, 0.3) is 11.1 Å². The first kappa shape index (κ1) is 17.4. The molecule has 1 amide bonds. The molecule has 1 N–H and O–H groups in total. The normalized spacial score (nSPS) is 16.2. The Morgan fingerprint density at radius 3 is 2.97 bits per heavy atom. The fraction of sp³-hybridized carbons (Fsp3) is 0.316. The first-order valence-electron chi connectivity index (χ1n) is 9.21. The Morgan fingerprint density at radius 2 is 2.21 bits per heavy atom. The maximum Gasteiger partial charge on any atom is 0.292 e. The third-order valence-electron chi connectivity index (χ3n) is 5.10. The largest absolute Gasteiger partial charge is 0.494 e. The molecule has 1 aliphatic rings. The number of methoxy groups -OCH3 is 1. The molecule has 4 heterocycles. The molecule has 1 aliphatic heterocycles. The minimum absolute atomic E-state index is 0.249. The highest BCUT2D eigenvalue weighted by molar-refractivity contribution is 5.91. The molecule has 0 fully saturated rings. The lowest BCUT2D eigenvalue weighted by Crippen LogP contribution is -2.42. The van der Waals surface area contributed by atoms with E-state index in [2.05, 4.69) is 25.0 Å². The van der Waals surface area contributed by atoms with E-state index in [0.717, 1.165) is 5.69 Å². The number of oxazole rings is 1. The first-order valence-corrected chi connectivity index (χ1v) is 9.21. The molecule has 0 unspecified atom stereocenters. The fourth-order valence-electron chi connectivity index (χ4n) is 3.79. The van der Waals surface area contributed by atoms with Gasteiger partial charge in [0, 0.05) is 25.7 Å². The van der Waals surface area contributed by atoms with Crippen LogP contribution in [0.2, 0.25) is 0 Å². The molecular formula is C19H19N7O3. The van der Waals surface area contributed by atoms with Crippen LogP contribution in [-0.4, -0.2) is 54.2 Å². The SMILES string of the molecule is COc1cccc2oc([C@@H]3c4nc[nH]c4CCN3C(=O)c3nc(C)nn3C)nc12. The number of rotatable bonds is 3. The molecule has 10 heteroatoms. The Labute approximate surface area is 165 Å². The molecular weight excluding hydrogens is 374 g/mol. The predicted octanol–water partition coefficient (Wildman–Crippen LogP) is 1.78. The monoisotopic (exact) mass is 393 g/mol. The lowest BCUT2D eigenvalue weighted by atomic mass is 10.0. The van der Waals surface area contributed by atoms with Gasteiger partial charge in [0.05, 0.1) is 19.1 Å². The van der Waals surface area contributed by atoms with E-state index in [1.165, 1.54) is 4.68 Å². The highest BCUT2D eigenvalue weighted by atomic mass is 16.5. The van der Waals surface area contributed by atoms with Crippen LogP contribution in [0.5, 0.6) is 5.75 Å². The number of hydrogen-bond acceptors (Lipinski definition) is 7. The number of amides is 1. The first-order chi connectivity index (χ1) is 14.1. The van der Waals surface area contributed by atoms with E-state index in [1.54, 1.807) is 32.3 Å². The second-order valence-electron chi connectivity index (χ2n) is 6.88. The van der Waals surface area contributed by atoms with Crippen LogP contribution in [0.4, 0.5) is 0 Å². The van der Waals surface area contributed by atoms with Crippen LogP contribution in [0, 0.1) is 6.92 Å². The minimum Gasteiger partial charge on any atom is -0.494 e. The van der Waals surface area contributed by atoms with Crippen LogP contribution < -0.4 is 4.74 Å². The highest BCUT2D eigenvalue weighted by Gasteiger charge is 2.39. The van der Waals surface area contributed by atoms with Gasteiger partial charge in [0.2, 0.25) is 11.7 Å². The molecule has 29 heavy (non-hydrogen) atoms. The smallest absolute Gasteiger partial charge is 0.292 e.